The number of benzene rings is 2. The summed E-state index contributed by atoms with van der Waals surface area (Å²) in [5.74, 6) is -0.00942. The third kappa shape index (κ3) is 3.60. The third-order valence-electron chi connectivity index (χ3n) is 4.69. The van der Waals surface area contributed by atoms with Crippen LogP contribution in [0.25, 0.3) is 0 Å². The summed E-state index contributed by atoms with van der Waals surface area (Å²) in [5, 5.41) is 11.0. The largest absolute Gasteiger partial charge is 0.349 e. The van der Waals surface area contributed by atoms with E-state index in [1.165, 1.54) is 11.1 Å². The molecule has 126 valence electrons. The Morgan fingerprint density at radius 3 is 2.88 bits per heavy atom. The number of amides is 1. The van der Waals surface area contributed by atoms with Crippen LogP contribution in [0.15, 0.2) is 60.9 Å². The first kappa shape index (κ1) is 15.6. The average molecular weight is 332 g/mol. The van der Waals surface area contributed by atoms with Gasteiger partial charge in [0.1, 0.15) is 0 Å². The van der Waals surface area contributed by atoms with E-state index in [1.807, 2.05) is 30.5 Å². The van der Waals surface area contributed by atoms with Crippen molar-refractivity contribution in [3.8, 4) is 0 Å². The summed E-state index contributed by atoms with van der Waals surface area (Å²) in [6.07, 6.45) is 6.37. The number of hydrogen-bond acceptors (Lipinski definition) is 3. The molecule has 5 nitrogen and oxygen atoms in total. The molecule has 1 aliphatic carbocycles. The van der Waals surface area contributed by atoms with Gasteiger partial charge in [-0.3, -0.25) is 4.79 Å². The van der Waals surface area contributed by atoms with E-state index in [2.05, 4.69) is 39.9 Å². The van der Waals surface area contributed by atoms with E-state index in [0.29, 0.717) is 12.1 Å². The Balaban J connectivity index is 1.43. The van der Waals surface area contributed by atoms with Crippen LogP contribution in [0.5, 0.6) is 0 Å². The number of nitrogens with one attached hydrogen (secondary N) is 1. The number of carbonyl (C=O) groups is 1. The van der Waals surface area contributed by atoms with Gasteiger partial charge in [0.25, 0.3) is 5.91 Å². The Kier molecular flexibility index (Phi) is 4.29. The summed E-state index contributed by atoms with van der Waals surface area (Å²) >= 11 is 0. The molecule has 0 saturated carbocycles. The highest BCUT2D eigenvalue weighted by molar-refractivity contribution is 5.94. The molecule has 1 N–H and O–H groups in total. The van der Waals surface area contributed by atoms with E-state index in [4.69, 9.17) is 0 Å². The molecular formula is C20H20N4O. The Labute approximate surface area is 146 Å². The van der Waals surface area contributed by atoms with Crippen LogP contribution in [-0.2, 0) is 19.4 Å². The van der Waals surface area contributed by atoms with Crippen LogP contribution in [0.1, 0.15) is 33.5 Å². The van der Waals surface area contributed by atoms with Crippen molar-refractivity contribution in [1.82, 2.24) is 20.3 Å². The molecule has 3 aromatic rings. The van der Waals surface area contributed by atoms with Gasteiger partial charge in [-0.25, -0.2) is 4.68 Å². The molecule has 0 radical (unpaired) electrons. The Hall–Kier alpha value is -2.95. The predicted octanol–water partition coefficient (Wildman–Crippen LogP) is 2.61. The number of aryl methyl sites for hydroxylation is 1. The van der Waals surface area contributed by atoms with E-state index in [1.54, 1.807) is 10.9 Å². The van der Waals surface area contributed by atoms with E-state index < -0.39 is 0 Å². The summed E-state index contributed by atoms with van der Waals surface area (Å²) < 4.78 is 1.75. The van der Waals surface area contributed by atoms with Crippen LogP contribution in [0.4, 0.5) is 0 Å². The van der Waals surface area contributed by atoms with E-state index in [9.17, 15) is 4.79 Å². The zero-order chi connectivity index (χ0) is 17.1. The molecule has 4 rings (SSSR count). The van der Waals surface area contributed by atoms with Crippen LogP contribution in [0, 0.1) is 0 Å². The molecule has 1 atom stereocenters. The van der Waals surface area contributed by atoms with Crippen LogP contribution >= 0.6 is 0 Å². The minimum Gasteiger partial charge on any atom is -0.349 e. The van der Waals surface area contributed by atoms with Gasteiger partial charge < -0.3 is 5.32 Å². The fourth-order valence-corrected chi connectivity index (χ4v) is 3.40. The molecule has 1 aliphatic rings. The van der Waals surface area contributed by atoms with Crippen LogP contribution in [0.2, 0.25) is 0 Å². The first-order chi connectivity index (χ1) is 12.3. The van der Waals surface area contributed by atoms with Gasteiger partial charge in [0.2, 0.25) is 0 Å². The van der Waals surface area contributed by atoms with Crippen molar-refractivity contribution in [2.24, 2.45) is 0 Å². The van der Waals surface area contributed by atoms with Gasteiger partial charge in [0.15, 0.2) is 0 Å². The standard InChI is InChI=1S/C20H20N4O/c25-20(22-19-9-8-16-5-1-2-6-17(16)13-19)18-7-3-4-15(12-18)14-24-11-10-21-23-24/h1-7,10-12,19H,8-9,13-14H2,(H,22,25). The van der Waals surface area contributed by atoms with Gasteiger partial charge in [0.05, 0.1) is 12.7 Å². The molecule has 25 heavy (non-hydrogen) atoms. The maximum absolute atomic E-state index is 12.6. The SMILES string of the molecule is O=C(NC1CCc2ccccc2C1)c1cccc(Cn2ccnn2)c1. The maximum atomic E-state index is 12.6. The Morgan fingerprint density at radius 2 is 2.04 bits per heavy atom. The molecule has 1 heterocycles. The molecule has 0 saturated heterocycles. The summed E-state index contributed by atoms with van der Waals surface area (Å²) in [6, 6.07) is 16.4. The number of hydrogen-bond donors (Lipinski definition) is 1. The minimum atomic E-state index is -0.00942. The van der Waals surface area contributed by atoms with Crippen LogP contribution < -0.4 is 5.32 Å². The number of rotatable bonds is 4. The lowest BCUT2D eigenvalue weighted by Gasteiger charge is -2.25. The Bertz CT molecular complexity index is 873. The highest BCUT2D eigenvalue weighted by Gasteiger charge is 2.20. The van der Waals surface area contributed by atoms with Crippen molar-refractivity contribution in [2.75, 3.05) is 0 Å². The van der Waals surface area contributed by atoms with E-state index >= 15 is 0 Å². The summed E-state index contributed by atoms with van der Waals surface area (Å²) in [5.41, 5.74) is 4.48. The molecule has 0 spiro atoms. The van der Waals surface area contributed by atoms with Gasteiger partial charge in [0, 0.05) is 17.8 Å². The van der Waals surface area contributed by atoms with Crippen molar-refractivity contribution in [3.63, 3.8) is 0 Å². The van der Waals surface area contributed by atoms with E-state index in [-0.39, 0.29) is 11.9 Å². The molecule has 1 amide bonds. The highest BCUT2D eigenvalue weighted by atomic mass is 16.1. The third-order valence-corrected chi connectivity index (χ3v) is 4.69. The molecule has 1 unspecified atom stereocenters. The van der Waals surface area contributed by atoms with Crippen molar-refractivity contribution in [2.45, 2.75) is 31.8 Å². The first-order valence-corrected chi connectivity index (χ1v) is 8.58. The molecule has 2 aromatic carbocycles. The second-order valence-corrected chi connectivity index (χ2v) is 6.48. The predicted molar refractivity (Wildman–Crippen MR) is 95.3 cm³/mol. The van der Waals surface area contributed by atoms with Crippen molar-refractivity contribution in [1.29, 1.82) is 0 Å². The van der Waals surface area contributed by atoms with Crippen molar-refractivity contribution < 1.29 is 4.79 Å². The topological polar surface area (TPSA) is 59.8 Å². The molecule has 0 bridgehead atoms. The van der Waals surface area contributed by atoms with Crippen LogP contribution in [0.3, 0.4) is 0 Å². The lowest BCUT2D eigenvalue weighted by molar-refractivity contribution is 0.0933. The smallest absolute Gasteiger partial charge is 0.251 e. The fourth-order valence-electron chi connectivity index (χ4n) is 3.40. The monoisotopic (exact) mass is 332 g/mol. The zero-order valence-corrected chi connectivity index (χ0v) is 13.9. The normalized spacial score (nSPS) is 16.2. The van der Waals surface area contributed by atoms with Crippen molar-refractivity contribution in [3.05, 3.63) is 83.2 Å². The lowest BCUT2D eigenvalue weighted by atomic mass is 9.88. The van der Waals surface area contributed by atoms with Gasteiger partial charge in [-0.15, -0.1) is 5.10 Å². The average Bonchev–Trinajstić information content (AvgIpc) is 3.15. The zero-order valence-electron chi connectivity index (χ0n) is 13.9. The lowest BCUT2D eigenvalue weighted by Crippen LogP contribution is -2.38. The van der Waals surface area contributed by atoms with Crippen molar-refractivity contribution >= 4 is 5.91 Å². The minimum absolute atomic E-state index is 0.00942. The summed E-state index contributed by atoms with van der Waals surface area (Å²) in [4.78, 5) is 12.6. The van der Waals surface area contributed by atoms with Crippen LogP contribution in [-0.4, -0.2) is 26.9 Å². The van der Waals surface area contributed by atoms with Gasteiger partial charge >= 0.3 is 0 Å². The molecular weight excluding hydrogens is 312 g/mol. The number of aromatic nitrogens is 3. The van der Waals surface area contributed by atoms with Gasteiger partial charge in [-0.05, 0) is 48.1 Å². The Morgan fingerprint density at radius 1 is 1.16 bits per heavy atom. The summed E-state index contributed by atoms with van der Waals surface area (Å²) in [7, 11) is 0. The fraction of sp³-hybridized carbons (Fsp3) is 0.250. The first-order valence-electron chi connectivity index (χ1n) is 8.58. The van der Waals surface area contributed by atoms with Gasteiger partial charge in [-0.2, -0.15) is 0 Å². The maximum Gasteiger partial charge on any atom is 0.251 e. The molecule has 0 fully saturated rings. The molecule has 1 aromatic heterocycles. The van der Waals surface area contributed by atoms with Gasteiger partial charge in [-0.1, -0.05) is 41.6 Å². The second kappa shape index (κ2) is 6.89. The number of fused-ring (bicyclic) bond motifs is 1. The molecule has 5 heteroatoms. The summed E-state index contributed by atoms with van der Waals surface area (Å²) in [6.45, 7) is 0.609. The molecule has 0 aliphatic heterocycles. The van der Waals surface area contributed by atoms with E-state index in [0.717, 1.165) is 24.8 Å². The quantitative estimate of drug-likeness (QED) is 0.799. The second-order valence-electron chi connectivity index (χ2n) is 6.48. The number of nitrogens with zero attached hydrogens (tertiary/aromatic N) is 3. The highest BCUT2D eigenvalue weighted by Crippen LogP contribution is 2.21. The number of carbonyl (C=O) groups excluding carboxylic acids is 1.